The zero-order chi connectivity index (χ0) is 21.7. The maximum atomic E-state index is 14.1. The molecule has 0 fully saturated rings. The largest absolute Gasteiger partial charge is 0.493 e. The number of hydrogen-bond acceptors (Lipinski definition) is 3. The Labute approximate surface area is 188 Å². The molecule has 0 spiro atoms. The average molecular weight is 463 g/mol. The predicted molar refractivity (Wildman–Crippen MR) is 119 cm³/mol. The second-order valence-electron chi connectivity index (χ2n) is 6.21. The summed E-state index contributed by atoms with van der Waals surface area (Å²) in [5.41, 5.74) is 1.66. The van der Waals surface area contributed by atoms with Gasteiger partial charge in [-0.25, -0.2) is 4.39 Å². The van der Waals surface area contributed by atoms with E-state index in [-0.39, 0.29) is 22.8 Å². The first-order valence-electron chi connectivity index (χ1n) is 8.74. The molecular formula is C23H15Cl3FNO2. The number of halogens is 4. The highest BCUT2D eigenvalue weighted by Crippen LogP contribution is 2.38. The van der Waals surface area contributed by atoms with Crippen molar-refractivity contribution >= 4 is 46.5 Å². The highest BCUT2D eigenvalue weighted by atomic mass is 35.5. The zero-order valence-corrected chi connectivity index (χ0v) is 18.0. The van der Waals surface area contributed by atoms with Gasteiger partial charge in [-0.15, -0.1) is 0 Å². The Morgan fingerprint density at radius 2 is 1.83 bits per heavy atom. The number of rotatable bonds is 6. The van der Waals surface area contributed by atoms with Crippen molar-refractivity contribution in [2.45, 2.75) is 6.61 Å². The van der Waals surface area contributed by atoms with E-state index in [1.807, 2.05) is 6.07 Å². The number of nitrogens with zero attached hydrogens (tertiary/aromatic N) is 1. The third kappa shape index (κ3) is 5.06. The van der Waals surface area contributed by atoms with Crippen molar-refractivity contribution in [2.75, 3.05) is 7.11 Å². The van der Waals surface area contributed by atoms with Crippen molar-refractivity contribution in [3.63, 3.8) is 0 Å². The second-order valence-corrected chi connectivity index (χ2v) is 7.46. The summed E-state index contributed by atoms with van der Waals surface area (Å²) in [5, 5.41) is 10.7. The molecule has 0 aliphatic heterocycles. The standard InChI is InChI=1S/C23H15Cl3FNO2/c1-29-22-10-14(8-16(12-28)18-4-2-3-5-21(18)27)9-20(26)23(22)30-13-15-6-7-17(24)11-19(15)25/h2-11H,13H2,1H3. The molecule has 0 aromatic heterocycles. The van der Waals surface area contributed by atoms with Gasteiger partial charge in [0.2, 0.25) is 0 Å². The van der Waals surface area contributed by atoms with Crippen LogP contribution >= 0.6 is 34.8 Å². The Kier molecular flexibility index (Phi) is 7.23. The molecule has 0 aliphatic rings. The van der Waals surface area contributed by atoms with E-state index in [0.29, 0.717) is 27.1 Å². The molecule has 0 N–H and O–H groups in total. The summed E-state index contributed by atoms with van der Waals surface area (Å²) >= 11 is 18.5. The molecule has 0 heterocycles. The van der Waals surface area contributed by atoms with Crippen LogP contribution in [0.4, 0.5) is 4.39 Å². The molecule has 0 unspecified atom stereocenters. The first-order valence-corrected chi connectivity index (χ1v) is 9.87. The summed E-state index contributed by atoms with van der Waals surface area (Å²) in [6.45, 7) is 0.153. The van der Waals surface area contributed by atoms with Crippen molar-refractivity contribution in [3.05, 3.63) is 92.2 Å². The number of methoxy groups -OCH3 is 1. The lowest BCUT2D eigenvalue weighted by Gasteiger charge is -2.14. The van der Waals surface area contributed by atoms with Gasteiger partial charge in [-0.05, 0) is 42.0 Å². The maximum Gasteiger partial charge on any atom is 0.180 e. The molecule has 0 atom stereocenters. The van der Waals surface area contributed by atoms with Crippen LogP contribution < -0.4 is 9.47 Å². The lowest BCUT2D eigenvalue weighted by atomic mass is 10.0. The van der Waals surface area contributed by atoms with Gasteiger partial charge >= 0.3 is 0 Å². The van der Waals surface area contributed by atoms with Crippen LogP contribution in [0, 0.1) is 17.1 Å². The molecule has 0 aliphatic carbocycles. The molecule has 0 amide bonds. The summed E-state index contributed by atoms with van der Waals surface area (Å²) in [7, 11) is 1.48. The lowest BCUT2D eigenvalue weighted by molar-refractivity contribution is 0.285. The van der Waals surface area contributed by atoms with Crippen LogP contribution in [-0.4, -0.2) is 7.11 Å². The number of hydrogen-bond donors (Lipinski definition) is 0. The van der Waals surface area contributed by atoms with Crippen LogP contribution in [0.15, 0.2) is 54.6 Å². The smallest absolute Gasteiger partial charge is 0.180 e. The van der Waals surface area contributed by atoms with Gasteiger partial charge in [0.1, 0.15) is 12.4 Å². The van der Waals surface area contributed by atoms with E-state index < -0.39 is 5.82 Å². The first-order chi connectivity index (χ1) is 14.4. The minimum Gasteiger partial charge on any atom is -0.493 e. The predicted octanol–water partition coefficient (Wildman–Crippen LogP) is 7.44. The zero-order valence-electron chi connectivity index (χ0n) is 15.8. The number of allylic oxidation sites excluding steroid dienone is 1. The van der Waals surface area contributed by atoms with Crippen molar-refractivity contribution in [2.24, 2.45) is 0 Å². The third-order valence-corrected chi connectivity index (χ3v) is 5.10. The maximum absolute atomic E-state index is 14.1. The van der Waals surface area contributed by atoms with E-state index in [2.05, 4.69) is 0 Å². The number of benzene rings is 3. The van der Waals surface area contributed by atoms with Gasteiger partial charge in [-0.2, -0.15) is 5.26 Å². The molecule has 0 saturated heterocycles. The van der Waals surface area contributed by atoms with E-state index in [1.165, 1.54) is 25.3 Å². The van der Waals surface area contributed by atoms with Crippen LogP contribution in [-0.2, 0) is 6.61 Å². The van der Waals surface area contributed by atoms with Gasteiger partial charge in [0.25, 0.3) is 0 Å². The molecule has 3 rings (SSSR count). The molecule has 3 nitrogen and oxygen atoms in total. The van der Waals surface area contributed by atoms with Crippen molar-refractivity contribution in [1.29, 1.82) is 5.26 Å². The number of nitriles is 1. The van der Waals surface area contributed by atoms with Gasteiger partial charge in [0, 0.05) is 21.2 Å². The number of ether oxygens (including phenoxy) is 2. The molecule has 0 saturated carbocycles. The fourth-order valence-electron chi connectivity index (χ4n) is 2.77. The summed E-state index contributed by atoms with van der Waals surface area (Å²) in [4.78, 5) is 0. The molecular weight excluding hydrogens is 448 g/mol. The SMILES string of the molecule is COc1cc(C=C(C#N)c2ccccc2F)cc(Cl)c1OCc1ccc(Cl)cc1Cl. The van der Waals surface area contributed by atoms with Gasteiger partial charge < -0.3 is 9.47 Å². The van der Waals surface area contributed by atoms with Gasteiger partial charge in [-0.1, -0.05) is 59.1 Å². The fraction of sp³-hybridized carbons (Fsp3) is 0.0870. The van der Waals surface area contributed by atoms with Gasteiger partial charge in [0.15, 0.2) is 11.5 Å². The van der Waals surface area contributed by atoms with E-state index in [4.69, 9.17) is 44.3 Å². The Balaban J connectivity index is 1.92. The molecule has 3 aromatic carbocycles. The Bertz CT molecular complexity index is 1160. The van der Waals surface area contributed by atoms with Gasteiger partial charge in [0.05, 0.1) is 23.8 Å². The third-order valence-electron chi connectivity index (χ3n) is 4.23. The molecule has 0 bridgehead atoms. The second kappa shape index (κ2) is 9.86. The van der Waals surface area contributed by atoms with Crippen molar-refractivity contribution in [1.82, 2.24) is 0 Å². The summed E-state index contributed by atoms with van der Waals surface area (Å²) in [6.07, 6.45) is 1.53. The molecule has 30 heavy (non-hydrogen) atoms. The van der Waals surface area contributed by atoms with Crippen molar-refractivity contribution in [3.8, 4) is 17.6 Å². The Morgan fingerprint density at radius 3 is 2.50 bits per heavy atom. The average Bonchev–Trinajstić information content (AvgIpc) is 2.72. The van der Waals surface area contributed by atoms with Crippen LogP contribution in [0.25, 0.3) is 11.6 Å². The Hall–Kier alpha value is -2.71. The molecule has 7 heteroatoms. The van der Waals surface area contributed by atoms with E-state index in [9.17, 15) is 9.65 Å². The minimum absolute atomic E-state index is 0.153. The quantitative estimate of drug-likeness (QED) is 0.282. The van der Waals surface area contributed by atoms with Crippen LogP contribution in [0.3, 0.4) is 0 Å². The fourth-order valence-corrected chi connectivity index (χ4v) is 3.51. The summed E-state index contributed by atoms with van der Waals surface area (Å²) in [5.74, 6) is 0.208. The Morgan fingerprint density at radius 1 is 1.07 bits per heavy atom. The van der Waals surface area contributed by atoms with E-state index in [1.54, 1.807) is 42.5 Å². The van der Waals surface area contributed by atoms with E-state index >= 15 is 0 Å². The molecule has 3 aromatic rings. The van der Waals surface area contributed by atoms with Crippen LogP contribution in [0.1, 0.15) is 16.7 Å². The molecule has 0 radical (unpaired) electrons. The van der Waals surface area contributed by atoms with Crippen molar-refractivity contribution < 1.29 is 13.9 Å². The highest BCUT2D eigenvalue weighted by molar-refractivity contribution is 6.35. The van der Waals surface area contributed by atoms with Crippen LogP contribution in [0.5, 0.6) is 11.5 Å². The summed E-state index contributed by atoms with van der Waals surface area (Å²) in [6, 6.07) is 16.4. The monoisotopic (exact) mass is 461 g/mol. The highest BCUT2D eigenvalue weighted by Gasteiger charge is 2.14. The molecule has 152 valence electrons. The topological polar surface area (TPSA) is 42.2 Å². The first kappa shape index (κ1) is 22.0. The minimum atomic E-state index is -0.483. The van der Waals surface area contributed by atoms with Crippen LogP contribution in [0.2, 0.25) is 15.1 Å². The van der Waals surface area contributed by atoms with Gasteiger partial charge in [-0.3, -0.25) is 0 Å². The summed E-state index contributed by atoms with van der Waals surface area (Å²) < 4.78 is 25.3. The normalized spacial score (nSPS) is 11.1. The lowest BCUT2D eigenvalue weighted by Crippen LogP contribution is -2.00. The van der Waals surface area contributed by atoms with E-state index in [0.717, 1.165) is 5.56 Å².